The molecule has 0 radical (unpaired) electrons. The second kappa shape index (κ2) is 36.9. The molecule has 12 amide bonds. The van der Waals surface area contributed by atoms with E-state index in [2.05, 4.69) is 16.0 Å². The smallest absolute Gasteiger partial charge is 0.381 e. The predicted molar refractivity (Wildman–Crippen MR) is 396 cm³/mol. The zero-order valence-corrected chi connectivity index (χ0v) is 66.3. The molecule has 13 atom stereocenters. The monoisotopic (exact) mass is 1520 g/mol. The zero-order chi connectivity index (χ0) is 78.9. The third kappa shape index (κ3) is 20.0. The average molecular weight is 1520 g/mol. The number of fused-ring (bicyclic) bond motifs is 22. The molecular weight excluding hydrogens is 1400 g/mol. The molecule has 0 aromatic rings. The Kier molecular flexibility index (Phi) is 29.1. The molecule has 11 aliphatic rings. The Hall–Kier alpha value is -6.91. The number of likely N-dealkylation sites (N-methyl/N-ethyl adjacent to an activating group) is 6. The van der Waals surface area contributed by atoms with Gasteiger partial charge in [-0.1, -0.05) is 105 Å². The Morgan fingerprint density at radius 1 is 0.620 bits per heavy atom. The molecule has 0 aromatic heterocycles. The van der Waals surface area contributed by atoms with Gasteiger partial charge in [-0.25, -0.2) is 0 Å². The van der Waals surface area contributed by atoms with Gasteiger partial charge in [0.1, 0.15) is 53.9 Å². The lowest BCUT2D eigenvalue weighted by Crippen LogP contribution is -2.71. The summed E-state index contributed by atoms with van der Waals surface area (Å²) in [4.78, 5) is 197. The van der Waals surface area contributed by atoms with Gasteiger partial charge in [0, 0.05) is 88.6 Å². The number of nitrogens with one attached hydrogen (secondary N) is 3. The predicted octanol–water partition coefficient (Wildman–Crippen LogP) is 6.22. The standard InChI is InChI=1S/C79H125F3N12O14/c1-13-39-108-54-42-59-69(99)85-78(47-77(4,5)48-78)76(106)91(11)67(53-24-17-18-25-53)75(105)90(10)60(72(102)92-36-20-21-37-92)43-64(96)88(8)57-27-22-23-50-28-30-51(31-29-50)40-61(93-38-19-15-16-26-58(73(93)103)89(9)65(97)46-87(7)74(104)66(49(3)14-2)84-68(57)98)71(101)86(6)45-63(95)83-56(70(100)94(59)44-54)35-33-52-32-34-55(79(80,81)82)62(41-52)107-12/h15-16,49-62,66-67H,13-14,17-48H2,1-12H3,(H,83,95)(H,84,98)(H,85,99)/b16-15-/t49-,50?,51?,52?,54+,55?,56-,57-,58-,59-,60-,61-,62?,66-,67-/m0/s1. The summed E-state index contributed by atoms with van der Waals surface area (Å²) in [5.41, 5.74) is -2.16. The van der Waals surface area contributed by atoms with Crippen LogP contribution in [0.1, 0.15) is 208 Å². The van der Waals surface area contributed by atoms with Crippen LogP contribution < -0.4 is 16.0 Å². The van der Waals surface area contributed by atoms with E-state index in [1.807, 2.05) is 33.8 Å². The first-order valence-electron chi connectivity index (χ1n) is 40.4. The Balaban J connectivity index is 1.16. The number of likely N-dealkylation sites (tertiary alicyclic amines) is 1. The molecule has 7 heterocycles. The van der Waals surface area contributed by atoms with Gasteiger partial charge < -0.3 is 69.5 Å². The zero-order valence-electron chi connectivity index (χ0n) is 66.3. The number of rotatable bonds is 11. The molecule has 3 N–H and O–H groups in total. The summed E-state index contributed by atoms with van der Waals surface area (Å²) >= 11 is 0. The second-order valence-corrected chi connectivity index (χ2v) is 34.1. The fourth-order valence-electron chi connectivity index (χ4n) is 19.3. The fourth-order valence-corrected chi connectivity index (χ4v) is 19.3. The first-order chi connectivity index (χ1) is 51.1. The number of hydrogen-bond acceptors (Lipinski definition) is 14. The molecule has 108 heavy (non-hydrogen) atoms. The van der Waals surface area contributed by atoms with Crippen molar-refractivity contribution >= 4 is 70.9 Å². The van der Waals surface area contributed by atoms with Crippen molar-refractivity contribution in [3.63, 3.8) is 0 Å². The van der Waals surface area contributed by atoms with Crippen LogP contribution in [0.5, 0.6) is 0 Å². The topological polar surface area (TPSA) is 289 Å². The van der Waals surface area contributed by atoms with E-state index in [1.165, 1.54) is 88.6 Å². The number of halogens is 3. The van der Waals surface area contributed by atoms with Crippen molar-refractivity contribution in [3.8, 4) is 0 Å². The number of amides is 12. The molecule has 7 aliphatic heterocycles. The normalized spacial score (nSPS) is 33.0. The third-order valence-electron chi connectivity index (χ3n) is 25.8. The van der Waals surface area contributed by atoms with Crippen LogP contribution in [0.2, 0.25) is 0 Å². The van der Waals surface area contributed by atoms with Gasteiger partial charge in [-0.3, -0.25) is 57.5 Å². The number of carbonyl (C=O) groups is 12. The SMILES string of the molecule is CCCO[C@@H]1C[C@H]2C(=O)NC3(CC(C)(C)C3)C(=O)N(C)[C@@H](C3CCCC3)C(=O)N(C)[C@H](C(=O)N3CCCC3)CC(=O)N(C)[C@H]3CCCC4CCC(CC4)C[C@@H](C(=O)N(C)CC(=O)N[C@@H](CCC4CCC(C(F)(F)F)C(OC)C4)C(=O)N2C1)N1CC/C=C\C[C@@H](C1=O)N(C)C(=O)CN(C)C(=O)[C@H]([C@@H](C)CC)NC3=O. The molecule has 3 unspecified atom stereocenters. The van der Waals surface area contributed by atoms with Crippen LogP contribution in [-0.4, -0.2) is 283 Å². The van der Waals surface area contributed by atoms with E-state index >= 15 is 47.9 Å². The maximum Gasteiger partial charge on any atom is 0.394 e. The minimum absolute atomic E-state index is 0.0160. The van der Waals surface area contributed by atoms with Crippen molar-refractivity contribution in [2.24, 2.45) is 40.9 Å². The number of nitrogens with zero attached hydrogens (tertiary/aromatic N) is 9. The van der Waals surface area contributed by atoms with Crippen molar-refractivity contribution in [1.29, 1.82) is 0 Å². The van der Waals surface area contributed by atoms with Gasteiger partial charge in [0.25, 0.3) is 0 Å². The molecule has 0 aromatic carbocycles. The summed E-state index contributed by atoms with van der Waals surface area (Å²) in [6.45, 7) is 9.28. The molecule has 6 saturated heterocycles. The van der Waals surface area contributed by atoms with Crippen molar-refractivity contribution in [3.05, 3.63) is 12.2 Å². The van der Waals surface area contributed by atoms with Crippen LogP contribution in [0, 0.1) is 40.9 Å². The second-order valence-electron chi connectivity index (χ2n) is 34.1. The van der Waals surface area contributed by atoms with Gasteiger partial charge >= 0.3 is 6.18 Å². The van der Waals surface area contributed by atoms with Crippen molar-refractivity contribution < 1.29 is 80.2 Å². The quantitative estimate of drug-likeness (QED) is 0.153. The maximum atomic E-state index is 16.0. The first kappa shape index (κ1) is 85.1. The van der Waals surface area contributed by atoms with Crippen LogP contribution in [0.15, 0.2) is 12.2 Å². The minimum Gasteiger partial charge on any atom is -0.381 e. The van der Waals surface area contributed by atoms with Crippen LogP contribution in [0.25, 0.3) is 0 Å². The molecule has 26 nitrogen and oxygen atoms in total. The summed E-state index contributed by atoms with van der Waals surface area (Å²) < 4.78 is 54.9. The van der Waals surface area contributed by atoms with Crippen molar-refractivity contribution in [2.75, 3.05) is 95.3 Å². The third-order valence-corrected chi connectivity index (χ3v) is 25.8. The number of carbonyl (C=O) groups excluding carboxylic acids is 12. The van der Waals surface area contributed by atoms with Gasteiger partial charge in [-0.2, -0.15) is 13.2 Å². The number of hydrogen-bond donors (Lipinski definition) is 3. The fraction of sp³-hybridized carbons (Fsp3) is 0.823. The van der Waals surface area contributed by atoms with Crippen LogP contribution in [-0.2, 0) is 67.0 Å². The largest absolute Gasteiger partial charge is 0.394 e. The molecule has 10 fully saturated rings. The van der Waals surface area contributed by atoms with E-state index in [4.69, 9.17) is 9.47 Å². The molecule has 1 spiro atoms. The molecular formula is C79H125F3N12O14. The molecule has 6 bridgehead atoms. The van der Waals surface area contributed by atoms with E-state index in [1.54, 1.807) is 17.9 Å². The summed E-state index contributed by atoms with van der Waals surface area (Å²) in [5, 5.41) is 9.05. The molecule has 606 valence electrons. The average Bonchev–Trinajstić information content (AvgIpc) is 0.890. The van der Waals surface area contributed by atoms with Gasteiger partial charge in [-0.15, -0.1) is 0 Å². The van der Waals surface area contributed by atoms with Gasteiger partial charge in [-0.05, 0) is 138 Å². The van der Waals surface area contributed by atoms with Gasteiger partial charge in [0.2, 0.25) is 70.9 Å². The molecule has 11 rings (SSSR count). The van der Waals surface area contributed by atoms with Gasteiger partial charge in [0.05, 0.1) is 37.6 Å². The maximum absolute atomic E-state index is 16.0. The summed E-state index contributed by atoms with van der Waals surface area (Å²) in [7, 11) is 10.1. The van der Waals surface area contributed by atoms with E-state index in [9.17, 15) is 22.8 Å². The summed E-state index contributed by atoms with van der Waals surface area (Å²) in [5.74, 6) is -10.4. The Bertz CT molecular complexity index is 3260. The Morgan fingerprint density at radius 2 is 1.28 bits per heavy atom. The van der Waals surface area contributed by atoms with E-state index in [-0.39, 0.29) is 108 Å². The highest BCUT2D eigenvalue weighted by Gasteiger charge is 2.60. The lowest BCUT2D eigenvalue weighted by molar-refractivity contribution is -0.215. The first-order valence-corrected chi connectivity index (χ1v) is 40.4. The Morgan fingerprint density at radius 3 is 1.92 bits per heavy atom. The van der Waals surface area contributed by atoms with Gasteiger partial charge in [0.15, 0.2) is 0 Å². The highest BCUT2D eigenvalue weighted by molar-refractivity contribution is 6.01. The number of methoxy groups -OCH3 is 1. The number of ether oxygens (including phenoxy) is 2. The molecule has 29 heteroatoms. The van der Waals surface area contributed by atoms with Crippen molar-refractivity contribution in [1.82, 2.24) is 60.0 Å². The number of alkyl halides is 3. The van der Waals surface area contributed by atoms with Crippen LogP contribution >= 0.6 is 0 Å². The summed E-state index contributed by atoms with van der Waals surface area (Å²) in [6, 6.07) is -10.0. The minimum atomic E-state index is -4.52. The van der Waals surface area contributed by atoms with E-state index in [0.717, 1.165) is 12.8 Å². The van der Waals surface area contributed by atoms with Crippen LogP contribution in [0.4, 0.5) is 13.2 Å². The highest BCUT2D eigenvalue weighted by Crippen LogP contribution is 2.50. The summed E-state index contributed by atoms with van der Waals surface area (Å²) in [6.07, 6.45) is 6.43. The molecule has 4 saturated carbocycles. The van der Waals surface area contributed by atoms with Crippen molar-refractivity contribution in [2.45, 2.75) is 280 Å². The Labute approximate surface area is 637 Å². The lowest BCUT2D eigenvalue weighted by atomic mass is 9.58. The van der Waals surface area contributed by atoms with Crippen LogP contribution in [0.3, 0.4) is 0 Å². The highest BCUT2D eigenvalue weighted by atomic mass is 19.4. The van der Waals surface area contributed by atoms with E-state index in [0.29, 0.717) is 96.6 Å². The van der Waals surface area contributed by atoms with E-state index < -0.39 is 186 Å². The lowest BCUT2D eigenvalue weighted by Gasteiger charge is -2.54. The molecule has 4 aliphatic carbocycles.